The van der Waals surface area contributed by atoms with Crippen molar-refractivity contribution in [2.45, 2.75) is 45.3 Å². The Morgan fingerprint density at radius 1 is 1.08 bits per heavy atom. The maximum atomic E-state index is 5.91. The largest absolute Gasteiger partial charge is 0.423 e. The van der Waals surface area contributed by atoms with Crippen LogP contribution in [-0.4, -0.2) is 54.8 Å². The fourth-order valence-electron chi connectivity index (χ4n) is 4.24. The number of hydrogen-bond acceptors (Lipinski definition) is 5. The normalized spacial score (nSPS) is 26.4. The number of para-hydroxylation sites is 2. The fraction of sp³-hybridized carbons (Fsp3) is 0.650. The zero-order chi connectivity index (χ0) is 17.2. The van der Waals surface area contributed by atoms with Gasteiger partial charge in [-0.25, -0.2) is 0 Å². The Labute approximate surface area is 149 Å². The van der Waals surface area contributed by atoms with E-state index in [2.05, 4.69) is 28.6 Å². The highest BCUT2D eigenvalue weighted by Crippen LogP contribution is 2.27. The first-order valence-electron chi connectivity index (χ1n) is 9.65. The number of hydrogen-bond donors (Lipinski definition) is 0. The number of rotatable bonds is 4. The first-order valence-corrected chi connectivity index (χ1v) is 9.65. The van der Waals surface area contributed by atoms with Gasteiger partial charge in [-0.15, -0.1) is 0 Å². The molecule has 0 saturated carbocycles. The van der Waals surface area contributed by atoms with Crippen molar-refractivity contribution in [1.82, 2.24) is 9.88 Å². The molecule has 2 aromatic rings. The van der Waals surface area contributed by atoms with E-state index in [-0.39, 0.29) is 0 Å². The van der Waals surface area contributed by atoms with Crippen molar-refractivity contribution < 1.29 is 9.15 Å². The van der Waals surface area contributed by atoms with Gasteiger partial charge < -0.3 is 14.1 Å². The molecule has 2 atom stereocenters. The van der Waals surface area contributed by atoms with E-state index in [0.29, 0.717) is 12.2 Å². The second-order valence-corrected chi connectivity index (χ2v) is 7.70. The summed E-state index contributed by atoms with van der Waals surface area (Å²) in [6.07, 6.45) is 4.48. The molecule has 0 N–H and O–H groups in total. The lowest BCUT2D eigenvalue weighted by molar-refractivity contribution is -0.0691. The van der Waals surface area contributed by atoms with Crippen LogP contribution in [0.15, 0.2) is 28.7 Å². The SMILES string of the molecule is CC1CN(CCC2CCN(c3nc4ccccc4o3)CC2)CC(C)O1. The van der Waals surface area contributed by atoms with E-state index < -0.39 is 0 Å². The summed E-state index contributed by atoms with van der Waals surface area (Å²) in [7, 11) is 0. The molecule has 2 aliphatic heterocycles. The van der Waals surface area contributed by atoms with Gasteiger partial charge in [0.25, 0.3) is 6.01 Å². The topological polar surface area (TPSA) is 41.7 Å². The number of benzene rings is 1. The summed E-state index contributed by atoms with van der Waals surface area (Å²) >= 11 is 0. The molecular weight excluding hydrogens is 314 g/mol. The molecule has 0 aliphatic carbocycles. The fourth-order valence-corrected chi connectivity index (χ4v) is 4.24. The van der Waals surface area contributed by atoms with Crippen LogP contribution in [0.4, 0.5) is 6.01 Å². The highest BCUT2D eigenvalue weighted by atomic mass is 16.5. The van der Waals surface area contributed by atoms with E-state index in [9.17, 15) is 0 Å². The first-order chi connectivity index (χ1) is 12.2. The molecule has 25 heavy (non-hydrogen) atoms. The number of ether oxygens (including phenoxy) is 1. The van der Waals surface area contributed by atoms with Gasteiger partial charge in [-0.05, 0) is 57.7 Å². The summed E-state index contributed by atoms with van der Waals surface area (Å²) in [4.78, 5) is 9.51. The van der Waals surface area contributed by atoms with E-state index in [0.717, 1.165) is 49.2 Å². The number of oxazole rings is 1. The Kier molecular flexibility index (Phi) is 4.95. The summed E-state index contributed by atoms with van der Waals surface area (Å²) in [6, 6.07) is 8.79. The van der Waals surface area contributed by atoms with Crippen LogP contribution < -0.4 is 4.90 Å². The molecule has 4 rings (SSSR count). The Balaban J connectivity index is 1.27. The van der Waals surface area contributed by atoms with Crippen molar-refractivity contribution in [3.63, 3.8) is 0 Å². The predicted molar refractivity (Wildman–Crippen MR) is 100 cm³/mol. The lowest BCUT2D eigenvalue weighted by atomic mass is 9.93. The zero-order valence-corrected chi connectivity index (χ0v) is 15.4. The van der Waals surface area contributed by atoms with Gasteiger partial charge in [0.2, 0.25) is 0 Å². The summed E-state index contributed by atoms with van der Waals surface area (Å²) in [6.45, 7) is 9.81. The van der Waals surface area contributed by atoms with Gasteiger partial charge in [-0.3, -0.25) is 4.90 Å². The zero-order valence-electron chi connectivity index (χ0n) is 15.4. The first kappa shape index (κ1) is 16.9. The Morgan fingerprint density at radius 2 is 1.80 bits per heavy atom. The molecular formula is C20H29N3O2. The van der Waals surface area contributed by atoms with Crippen LogP contribution in [0, 0.1) is 5.92 Å². The van der Waals surface area contributed by atoms with Gasteiger partial charge in [0.1, 0.15) is 5.52 Å². The Bertz CT molecular complexity index is 650. The highest BCUT2D eigenvalue weighted by Gasteiger charge is 2.25. The van der Waals surface area contributed by atoms with Crippen LogP contribution in [0.5, 0.6) is 0 Å². The third-order valence-corrected chi connectivity index (χ3v) is 5.52. The molecule has 1 aromatic carbocycles. The van der Waals surface area contributed by atoms with E-state index in [1.807, 2.05) is 24.3 Å². The maximum Gasteiger partial charge on any atom is 0.298 e. The van der Waals surface area contributed by atoms with Crippen molar-refractivity contribution in [3.8, 4) is 0 Å². The minimum Gasteiger partial charge on any atom is -0.423 e. The summed E-state index contributed by atoms with van der Waals surface area (Å²) < 4.78 is 11.7. The lowest BCUT2D eigenvalue weighted by Crippen LogP contribution is -2.46. The van der Waals surface area contributed by atoms with Gasteiger partial charge in [-0.2, -0.15) is 4.98 Å². The number of piperidine rings is 1. The van der Waals surface area contributed by atoms with E-state index >= 15 is 0 Å². The van der Waals surface area contributed by atoms with Crippen molar-refractivity contribution in [1.29, 1.82) is 0 Å². The van der Waals surface area contributed by atoms with E-state index in [4.69, 9.17) is 9.15 Å². The van der Waals surface area contributed by atoms with Crippen LogP contribution in [0.3, 0.4) is 0 Å². The molecule has 0 spiro atoms. The molecule has 5 heteroatoms. The van der Waals surface area contributed by atoms with Crippen LogP contribution in [0.2, 0.25) is 0 Å². The van der Waals surface area contributed by atoms with E-state index in [1.54, 1.807) is 0 Å². The Morgan fingerprint density at radius 3 is 2.52 bits per heavy atom. The van der Waals surface area contributed by atoms with Gasteiger partial charge in [0.05, 0.1) is 12.2 Å². The van der Waals surface area contributed by atoms with E-state index in [1.165, 1.54) is 25.8 Å². The minimum atomic E-state index is 0.366. The number of nitrogens with zero attached hydrogens (tertiary/aromatic N) is 3. The van der Waals surface area contributed by atoms with Gasteiger partial charge >= 0.3 is 0 Å². The number of morpholine rings is 1. The number of aromatic nitrogens is 1. The molecule has 0 bridgehead atoms. The smallest absolute Gasteiger partial charge is 0.298 e. The van der Waals surface area contributed by atoms with Crippen molar-refractivity contribution in [2.24, 2.45) is 5.92 Å². The second kappa shape index (κ2) is 7.34. The van der Waals surface area contributed by atoms with Gasteiger partial charge in [0, 0.05) is 26.2 Å². The standard InChI is InChI=1S/C20H29N3O2/c1-15-13-22(14-16(2)24-15)10-7-17-8-11-23(12-9-17)20-21-18-5-3-4-6-19(18)25-20/h3-6,15-17H,7-14H2,1-2H3. The molecule has 2 saturated heterocycles. The molecule has 3 heterocycles. The molecule has 2 aliphatic rings. The molecule has 5 nitrogen and oxygen atoms in total. The predicted octanol–water partition coefficient (Wildman–Crippen LogP) is 3.54. The third kappa shape index (κ3) is 3.98. The monoisotopic (exact) mass is 343 g/mol. The molecule has 2 fully saturated rings. The third-order valence-electron chi connectivity index (χ3n) is 5.52. The number of fused-ring (bicyclic) bond motifs is 1. The second-order valence-electron chi connectivity index (χ2n) is 7.70. The molecule has 136 valence electrons. The molecule has 0 amide bonds. The van der Waals surface area contributed by atoms with Crippen molar-refractivity contribution in [2.75, 3.05) is 37.6 Å². The lowest BCUT2D eigenvalue weighted by Gasteiger charge is -2.37. The Hall–Kier alpha value is -1.59. The summed E-state index contributed by atoms with van der Waals surface area (Å²) in [5.41, 5.74) is 1.84. The average molecular weight is 343 g/mol. The number of anilines is 1. The summed E-state index contributed by atoms with van der Waals surface area (Å²) in [5, 5.41) is 0. The van der Waals surface area contributed by atoms with Crippen LogP contribution in [0.25, 0.3) is 11.1 Å². The molecule has 1 aromatic heterocycles. The molecule has 0 radical (unpaired) electrons. The maximum absolute atomic E-state index is 5.91. The van der Waals surface area contributed by atoms with Gasteiger partial charge in [-0.1, -0.05) is 12.1 Å². The van der Waals surface area contributed by atoms with Crippen LogP contribution in [0.1, 0.15) is 33.1 Å². The minimum absolute atomic E-state index is 0.366. The molecule has 2 unspecified atom stereocenters. The van der Waals surface area contributed by atoms with Crippen LogP contribution >= 0.6 is 0 Å². The average Bonchev–Trinajstić information content (AvgIpc) is 3.04. The van der Waals surface area contributed by atoms with Gasteiger partial charge in [0.15, 0.2) is 5.58 Å². The van der Waals surface area contributed by atoms with Crippen molar-refractivity contribution >= 4 is 17.1 Å². The van der Waals surface area contributed by atoms with Crippen LogP contribution in [-0.2, 0) is 4.74 Å². The highest BCUT2D eigenvalue weighted by molar-refractivity contribution is 5.74. The quantitative estimate of drug-likeness (QED) is 0.849. The summed E-state index contributed by atoms with van der Waals surface area (Å²) in [5.74, 6) is 0.814. The van der Waals surface area contributed by atoms with Crippen molar-refractivity contribution in [3.05, 3.63) is 24.3 Å².